The van der Waals surface area contributed by atoms with Crippen LogP contribution in [-0.4, -0.2) is 20.8 Å². The minimum atomic E-state index is -0.0523. The van der Waals surface area contributed by atoms with Gasteiger partial charge in [0.2, 0.25) is 0 Å². The van der Waals surface area contributed by atoms with Crippen LogP contribution >= 0.6 is 0 Å². The molecule has 2 unspecified atom stereocenters. The Balaban J connectivity index is 1.79. The van der Waals surface area contributed by atoms with Gasteiger partial charge in [0, 0.05) is 18.9 Å². The molecule has 0 bridgehead atoms. The van der Waals surface area contributed by atoms with Crippen molar-refractivity contribution in [1.82, 2.24) is 9.55 Å². The number of rotatable bonds is 3. The van der Waals surface area contributed by atoms with Crippen LogP contribution in [0, 0.1) is 5.92 Å². The summed E-state index contributed by atoms with van der Waals surface area (Å²) in [5, 5.41) is 9.59. The summed E-state index contributed by atoms with van der Waals surface area (Å²) in [7, 11) is 0. The zero-order chi connectivity index (χ0) is 9.10. The average Bonchev–Trinajstić information content (AvgIpc) is 2.72. The fraction of sp³-hybridized carbons (Fsp3) is 0.700. The van der Waals surface area contributed by atoms with Crippen molar-refractivity contribution in [2.45, 2.75) is 38.3 Å². The van der Waals surface area contributed by atoms with Gasteiger partial charge >= 0.3 is 0 Å². The predicted molar refractivity (Wildman–Crippen MR) is 50.2 cm³/mol. The largest absolute Gasteiger partial charge is 0.393 e. The van der Waals surface area contributed by atoms with Crippen molar-refractivity contribution in [3.63, 3.8) is 0 Å². The Morgan fingerprint density at radius 3 is 3.00 bits per heavy atom. The Kier molecular flexibility index (Phi) is 2.64. The Bertz CT molecular complexity index is 245. The first kappa shape index (κ1) is 8.75. The maximum atomic E-state index is 9.59. The molecule has 1 aromatic rings. The number of aromatic nitrogens is 2. The molecule has 1 N–H and O–H groups in total. The molecular formula is C10H16N2O. The maximum Gasteiger partial charge on any atom is 0.0945 e. The smallest absolute Gasteiger partial charge is 0.0945 e. The summed E-state index contributed by atoms with van der Waals surface area (Å²) >= 11 is 0. The molecule has 3 heteroatoms. The molecule has 1 fully saturated rings. The van der Waals surface area contributed by atoms with Gasteiger partial charge in [-0.15, -0.1) is 0 Å². The van der Waals surface area contributed by atoms with E-state index in [9.17, 15) is 5.11 Å². The van der Waals surface area contributed by atoms with E-state index >= 15 is 0 Å². The van der Waals surface area contributed by atoms with Gasteiger partial charge in [0.1, 0.15) is 0 Å². The number of nitrogens with zero attached hydrogens (tertiary/aromatic N) is 2. The summed E-state index contributed by atoms with van der Waals surface area (Å²) in [6.45, 7) is 0.988. The average molecular weight is 180 g/mol. The molecule has 0 saturated heterocycles. The van der Waals surface area contributed by atoms with Gasteiger partial charge < -0.3 is 9.67 Å². The number of hydrogen-bond acceptors (Lipinski definition) is 2. The lowest BCUT2D eigenvalue weighted by atomic mass is 10.0. The lowest BCUT2D eigenvalue weighted by molar-refractivity contribution is 0.125. The summed E-state index contributed by atoms with van der Waals surface area (Å²) in [5.41, 5.74) is 0. The number of aliphatic hydroxyl groups excluding tert-OH is 1. The van der Waals surface area contributed by atoms with Gasteiger partial charge in [-0.3, -0.25) is 0 Å². The molecule has 72 valence electrons. The molecule has 0 spiro atoms. The molecule has 1 aromatic heterocycles. The molecule has 0 radical (unpaired) electrons. The van der Waals surface area contributed by atoms with E-state index in [0.29, 0.717) is 5.92 Å². The topological polar surface area (TPSA) is 38.0 Å². The lowest BCUT2D eigenvalue weighted by Crippen LogP contribution is -2.14. The number of aryl methyl sites for hydroxylation is 1. The number of hydrogen-bond donors (Lipinski definition) is 1. The molecule has 1 aliphatic carbocycles. The van der Waals surface area contributed by atoms with E-state index in [-0.39, 0.29) is 6.10 Å². The van der Waals surface area contributed by atoms with Gasteiger partial charge in [-0.05, 0) is 25.2 Å². The van der Waals surface area contributed by atoms with Crippen LogP contribution < -0.4 is 0 Å². The highest BCUT2D eigenvalue weighted by atomic mass is 16.3. The fourth-order valence-corrected chi connectivity index (χ4v) is 2.09. The minimum absolute atomic E-state index is 0.0523. The molecule has 13 heavy (non-hydrogen) atoms. The Hall–Kier alpha value is -0.830. The van der Waals surface area contributed by atoms with E-state index < -0.39 is 0 Å². The van der Waals surface area contributed by atoms with Crippen molar-refractivity contribution >= 4 is 0 Å². The van der Waals surface area contributed by atoms with Gasteiger partial charge in [0.15, 0.2) is 0 Å². The van der Waals surface area contributed by atoms with Crippen molar-refractivity contribution < 1.29 is 5.11 Å². The molecule has 0 amide bonds. The summed E-state index contributed by atoms with van der Waals surface area (Å²) in [6, 6.07) is 0. The second kappa shape index (κ2) is 3.92. The molecule has 0 aromatic carbocycles. The fourth-order valence-electron chi connectivity index (χ4n) is 2.09. The van der Waals surface area contributed by atoms with Crippen LogP contribution in [0.2, 0.25) is 0 Å². The van der Waals surface area contributed by atoms with Gasteiger partial charge in [-0.2, -0.15) is 0 Å². The van der Waals surface area contributed by atoms with E-state index in [1.54, 1.807) is 6.20 Å². The van der Waals surface area contributed by atoms with Crippen LogP contribution in [0.1, 0.15) is 25.7 Å². The van der Waals surface area contributed by atoms with Gasteiger partial charge in [0.05, 0.1) is 12.4 Å². The van der Waals surface area contributed by atoms with Crippen molar-refractivity contribution in [3.05, 3.63) is 18.7 Å². The molecule has 1 aliphatic rings. The van der Waals surface area contributed by atoms with E-state index in [1.165, 1.54) is 12.8 Å². The normalized spacial score (nSPS) is 28.1. The van der Waals surface area contributed by atoms with E-state index in [2.05, 4.69) is 9.55 Å². The zero-order valence-electron chi connectivity index (χ0n) is 7.76. The van der Waals surface area contributed by atoms with E-state index in [0.717, 1.165) is 19.4 Å². The van der Waals surface area contributed by atoms with Gasteiger partial charge in [-0.1, -0.05) is 6.42 Å². The summed E-state index contributed by atoms with van der Waals surface area (Å²) in [4.78, 5) is 3.99. The van der Waals surface area contributed by atoms with Gasteiger partial charge in [-0.25, -0.2) is 4.98 Å². The molecule has 2 rings (SSSR count). The number of imidazole rings is 1. The van der Waals surface area contributed by atoms with Gasteiger partial charge in [0.25, 0.3) is 0 Å². The standard InChI is InChI=1S/C10H16N2O/c13-10-3-1-2-9(10)4-6-12-7-5-11-8-12/h5,7-10,13H,1-4,6H2. The van der Waals surface area contributed by atoms with Crippen LogP contribution in [0.15, 0.2) is 18.7 Å². The Morgan fingerprint density at radius 2 is 2.38 bits per heavy atom. The summed E-state index contributed by atoms with van der Waals surface area (Å²) in [6.07, 6.45) is 10.0. The second-order valence-electron chi connectivity index (χ2n) is 3.85. The Morgan fingerprint density at radius 1 is 1.46 bits per heavy atom. The van der Waals surface area contributed by atoms with Crippen LogP contribution in [0.25, 0.3) is 0 Å². The minimum Gasteiger partial charge on any atom is -0.393 e. The summed E-state index contributed by atoms with van der Waals surface area (Å²) < 4.78 is 2.07. The molecular weight excluding hydrogens is 164 g/mol. The highest BCUT2D eigenvalue weighted by molar-refractivity contribution is 4.79. The highest BCUT2D eigenvalue weighted by Gasteiger charge is 2.24. The van der Waals surface area contributed by atoms with E-state index in [4.69, 9.17) is 0 Å². The van der Waals surface area contributed by atoms with Crippen LogP contribution in [0.4, 0.5) is 0 Å². The first-order chi connectivity index (χ1) is 6.36. The quantitative estimate of drug-likeness (QED) is 0.764. The third kappa shape index (κ3) is 2.10. The second-order valence-corrected chi connectivity index (χ2v) is 3.85. The lowest BCUT2D eigenvalue weighted by Gasteiger charge is -2.13. The molecule has 1 heterocycles. The predicted octanol–water partition coefficient (Wildman–Crippen LogP) is 1.43. The monoisotopic (exact) mass is 180 g/mol. The zero-order valence-corrected chi connectivity index (χ0v) is 7.76. The van der Waals surface area contributed by atoms with E-state index in [1.807, 2.05) is 12.5 Å². The number of aliphatic hydroxyl groups is 1. The highest BCUT2D eigenvalue weighted by Crippen LogP contribution is 2.28. The SMILES string of the molecule is OC1CCCC1CCn1ccnc1. The Labute approximate surface area is 78.4 Å². The van der Waals surface area contributed by atoms with Crippen molar-refractivity contribution in [2.24, 2.45) is 5.92 Å². The van der Waals surface area contributed by atoms with Crippen LogP contribution in [-0.2, 0) is 6.54 Å². The first-order valence-electron chi connectivity index (χ1n) is 5.00. The molecule has 2 atom stereocenters. The maximum absolute atomic E-state index is 9.59. The summed E-state index contributed by atoms with van der Waals surface area (Å²) in [5.74, 6) is 0.516. The third-order valence-corrected chi connectivity index (χ3v) is 2.94. The van der Waals surface area contributed by atoms with Crippen molar-refractivity contribution in [3.8, 4) is 0 Å². The van der Waals surface area contributed by atoms with Crippen molar-refractivity contribution in [2.75, 3.05) is 0 Å². The van der Waals surface area contributed by atoms with Crippen LogP contribution in [0.3, 0.4) is 0 Å². The van der Waals surface area contributed by atoms with Crippen LogP contribution in [0.5, 0.6) is 0 Å². The first-order valence-corrected chi connectivity index (χ1v) is 5.00. The van der Waals surface area contributed by atoms with Crippen molar-refractivity contribution in [1.29, 1.82) is 0 Å². The third-order valence-electron chi connectivity index (χ3n) is 2.94. The molecule has 0 aliphatic heterocycles. The molecule has 3 nitrogen and oxygen atoms in total. The molecule has 1 saturated carbocycles.